The van der Waals surface area contributed by atoms with Gasteiger partial charge in [0.05, 0.1) is 0 Å². The molecule has 0 fully saturated rings. The molecule has 0 unspecified atom stereocenters. The highest BCUT2D eigenvalue weighted by Gasteiger charge is 2.16. The number of nitrogen functional groups attached to an aromatic ring is 1. The first-order chi connectivity index (χ1) is 9.56. The van der Waals surface area contributed by atoms with Gasteiger partial charge in [0, 0.05) is 22.3 Å². The van der Waals surface area contributed by atoms with Gasteiger partial charge in [0.25, 0.3) is 0 Å². The number of aromatic nitrogens is 3. The Hall–Kier alpha value is -2.60. The van der Waals surface area contributed by atoms with Crippen LogP contribution in [-0.4, -0.2) is 25.7 Å². The van der Waals surface area contributed by atoms with Crippen molar-refractivity contribution in [2.24, 2.45) is 0 Å². The lowest BCUT2D eigenvalue weighted by molar-refractivity contribution is 0.0698. The Labute approximate surface area is 118 Å². The van der Waals surface area contributed by atoms with Crippen LogP contribution in [0.4, 0.5) is 5.95 Å². The van der Waals surface area contributed by atoms with E-state index in [0.29, 0.717) is 16.1 Å². The lowest BCUT2D eigenvalue weighted by Gasteiger charge is -2.06. The van der Waals surface area contributed by atoms with E-state index in [4.69, 9.17) is 17.3 Å². The third-order valence-corrected chi connectivity index (χ3v) is 3.19. The van der Waals surface area contributed by atoms with Crippen LogP contribution in [0.15, 0.2) is 36.5 Å². The molecular weight excluding hydrogens is 280 g/mol. The Balaban J connectivity index is 2.33. The molecule has 20 heavy (non-hydrogen) atoms. The van der Waals surface area contributed by atoms with Gasteiger partial charge >= 0.3 is 5.97 Å². The molecule has 0 bridgehead atoms. The number of hydrogen-bond acceptors (Lipinski definition) is 4. The number of pyridine rings is 1. The Morgan fingerprint density at radius 3 is 2.80 bits per heavy atom. The number of nitrogens with zero attached hydrogens (tertiary/aromatic N) is 3. The van der Waals surface area contributed by atoms with Crippen LogP contribution in [0.2, 0.25) is 5.02 Å². The fourth-order valence-corrected chi connectivity index (χ4v) is 2.25. The van der Waals surface area contributed by atoms with Crippen LogP contribution >= 0.6 is 11.6 Å². The summed E-state index contributed by atoms with van der Waals surface area (Å²) >= 11 is 6.13. The summed E-state index contributed by atoms with van der Waals surface area (Å²) < 4.78 is 1.34. The van der Waals surface area contributed by atoms with E-state index < -0.39 is 5.97 Å². The largest absolute Gasteiger partial charge is 0.478 e. The van der Waals surface area contributed by atoms with Crippen LogP contribution in [0.1, 0.15) is 10.4 Å². The molecule has 0 saturated heterocycles. The molecule has 7 heteroatoms. The minimum absolute atomic E-state index is 0.0174. The van der Waals surface area contributed by atoms with E-state index in [0.717, 1.165) is 0 Å². The van der Waals surface area contributed by atoms with Crippen LogP contribution in [0.25, 0.3) is 16.8 Å². The number of carboxylic acid groups (broad SMARTS) is 1. The summed E-state index contributed by atoms with van der Waals surface area (Å²) in [4.78, 5) is 15.2. The van der Waals surface area contributed by atoms with E-state index in [-0.39, 0.29) is 17.2 Å². The first-order valence-electron chi connectivity index (χ1n) is 5.70. The number of carboxylic acids is 1. The molecule has 100 valence electrons. The van der Waals surface area contributed by atoms with E-state index >= 15 is 0 Å². The standard InChI is InChI=1S/C13H9ClN4O2/c14-10-4-2-1-3-8(10)7-5-9(12(19)20)11-16-13(15)17-18(11)6-7/h1-6H,(H2,15,17)(H,19,20). The number of rotatable bonds is 2. The van der Waals surface area contributed by atoms with Gasteiger partial charge in [-0.05, 0) is 12.1 Å². The summed E-state index contributed by atoms with van der Waals surface area (Å²) in [6.45, 7) is 0. The van der Waals surface area contributed by atoms with Crippen LogP contribution < -0.4 is 5.73 Å². The number of aromatic carboxylic acids is 1. The lowest BCUT2D eigenvalue weighted by atomic mass is 10.1. The van der Waals surface area contributed by atoms with Gasteiger partial charge in [-0.15, -0.1) is 5.10 Å². The third kappa shape index (κ3) is 1.96. The van der Waals surface area contributed by atoms with Gasteiger partial charge in [0.15, 0.2) is 5.65 Å². The highest BCUT2D eigenvalue weighted by atomic mass is 35.5. The molecule has 0 radical (unpaired) electrons. The maximum Gasteiger partial charge on any atom is 0.339 e. The fourth-order valence-electron chi connectivity index (χ4n) is 2.00. The molecule has 1 aromatic carbocycles. The van der Waals surface area contributed by atoms with Crippen molar-refractivity contribution in [1.82, 2.24) is 14.6 Å². The van der Waals surface area contributed by atoms with Crippen molar-refractivity contribution in [2.45, 2.75) is 0 Å². The van der Waals surface area contributed by atoms with E-state index in [1.54, 1.807) is 24.4 Å². The highest BCUT2D eigenvalue weighted by molar-refractivity contribution is 6.33. The first kappa shape index (κ1) is 12.4. The van der Waals surface area contributed by atoms with Gasteiger partial charge in [-0.25, -0.2) is 9.31 Å². The minimum Gasteiger partial charge on any atom is -0.478 e. The molecule has 0 atom stereocenters. The second-order valence-electron chi connectivity index (χ2n) is 4.17. The van der Waals surface area contributed by atoms with Crippen molar-refractivity contribution in [3.05, 3.63) is 47.1 Å². The maximum absolute atomic E-state index is 11.3. The third-order valence-electron chi connectivity index (χ3n) is 2.87. The summed E-state index contributed by atoms with van der Waals surface area (Å²) in [5.41, 5.74) is 7.08. The van der Waals surface area contributed by atoms with E-state index in [9.17, 15) is 9.90 Å². The van der Waals surface area contributed by atoms with Crippen molar-refractivity contribution < 1.29 is 9.90 Å². The van der Waals surface area contributed by atoms with Gasteiger partial charge in [-0.2, -0.15) is 4.98 Å². The van der Waals surface area contributed by atoms with Gasteiger partial charge in [-0.1, -0.05) is 29.8 Å². The number of hydrogen-bond donors (Lipinski definition) is 2. The normalized spacial score (nSPS) is 10.8. The molecule has 3 rings (SSSR count). The van der Waals surface area contributed by atoms with Crippen molar-refractivity contribution in [3.63, 3.8) is 0 Å². The van der Waals surface area contributed by atoms with Crippen LogP contribution in [-0.2, 0) is 0 Å². The smallest absolute Gasteiger partial charge is 0.339 e. The van der Waals surface area contributed by atoms with E-state index in [2.05, 4.69) is 10.1 Å². The van der Waals surface area contributed by atoms with Crippen molar-refractivity contribution in [1.29, 1.82) is 0 Å². The van der Waals surface area contributed by atoms with Crippen LogP contribution in [0.3, 0.4) is 0 Å². The number of nitrogens with two attached hydrogens (primary N) is 1. The molecule has 6 nitrogen and oxygen atoms in total. The average Bonchev–Trinajstić information content (AvgIpc) is 2.77. The molecule has 0 aliphatic carbocycles. The second kappa shape index (κ2) is 4.50. The predicted octanol–water partition coefficient (Wildman–Crippen LogP) is 2.33. The zero-order valence-corrected chi connectivity index (χ0v) is 10.9. The summed E-state index contributed by atoms with van der Waals surface area (Å²) in [6.07, 6.45) is 1.65. The molecule has 2 heterocycles. The lowest BCUT2D eigenvalue weighted by Crippen LogP contribution is -2.02. The Bertz CT molecular complexity index is 828. The Morgan fingerprint density at radius 2 is 2.10 bits per heavy atom. The van der Waals surface area contributed by atoms with Gasteiger partial charge < -0.3 is 10.8 Å². The van der Waals surface area contributed by atoms with Gasteiger partial charge in [-0.3, -0.25) is 0 Å². The SMILES string of the molecule is Nc1nc2c(C(=O)O)cc(-c3ccccc3Cl)cn2n1. The average molecular weight is 289 g/mol. The Morgan fingerprint density at radius 1 is 1.35 bits per heavy atom. The summed E-state index contributed by atoms with van der Waals surface area (Å²) in [7, 11) is 0. The second-order valence-corrected chi connectivity index (χ2v) is 4.57. The van der Waals surface area contributed by atoms with Crippen molar-refractivity contribution in [3.8, 4) is 11.1 Å². The van der Waals surface area contributed by atoms with E-state index in [1.165, 1.54) is 10.6 Å². The molecule has 0 saturated carbocycles. The zero-order chi connectivity index (χ0) is 14.3. The molecule has 0 spiro atoms. The Kier molecular flexibility index (Phi) is 2.80. The molecule has 0 aliphatic heterocycles. The van der Waals surface area contributed by atoms with Crippen molar-refractivity contribution in [2.75, 3.05) is 5.73 Å². The van der Waals surface area contributed by atoms with E-state index in [1.807, 2.05) is 6.07 Å². The number of halogens is 1. The van der Waals surface area contributed by atoms with Gasteiger partial charge in [0.2, 0.25) is 5.95 Å². The zero-order valence-electron chi connectivity index (χ0n) is 10.1. The monoisotopic (exact) mass is 288 g/mol. The molecule has 0 aliphatic rings. The number of anilines is 1. The summed E-state index contributed by atoms with van der Waals surface area (Å²) in [5.74, 6) is -1.08. The number of fused-ring (bicyclic) bond motifs is 1. The summed E-state index contributed by atoms with van der Waals surface area (Å²) in [6, 6.07) is 8.66. The van der Waals surface area contributed by atoms with Crippen LogP contribution in [0, 0.1) is 0 Å². The van der Waals surface area contributed by atoms with Crippen molar-refractivity contribution >= 4 is 29.2 Å². The fraction of sp³-hybridized carbons (Fsp3) is 0. The quantitative estimate of drug-likeness (QED) is 0.755. The summed E-state index contributed by atoms with van der Waals surface area (Å²) in [5, 5.41) is 13.8. The molecule has 0 amide bonds. The topological polar surface area (TPSA) is 93.5 Å². The first-order valence-corrected chi connectivity index (χ1v) is 6.08. The number of carbonyl (C=O) groups is 1. The van der Waals surface area contributed by atoms with Gasteiger partial charge in [0.1, 0.15) is 5.56 Å². The highest BCUT2D eigenvalue weighted by Crippen LogP contribution is 2.29. The molecule has 2 aromatic heterocycles. The molecule has 3 N–H and O–H groups in total. The number of benzene rings is 1. The molecular formula is C13H9ClN4O2. The minimum atomic E-state index is -1.10. The maximum atomic E-state index is 11.3. The molecule has 3 aromatic rings. The van der Waals surface area contributed by atoms with Crippen LogP contribution in [0.5, 0.6) is 0 Å². The predicted molar refractivity (Wildman–Crippen MR) is 74.8 cm³/mol.